The number of carbonyl (C=O) groups is 1. The summed E-state index contributed by atoms with van der Waals surface area (Å²) in [5.74, 6) is 0.0670. The van der Waals surface area contributed by atoms with Crippen LogP contribution < -0.4 is 0 Å². The molecule has 0 N–H and O–H groups in total. The van der Waals surface area contributed by atoms with Crippen molar-refractivity contribution in [2.45, 2.75) is 18.9 Å². The van der Waals surface area contributed by atoms with Crippen molar-refractivity contribution in [3.05, 3.63) is 59.6 Å². The third-order valence-corrected chi connectivity index (χ3v) is 6.74. The summed E-state index contributed by atoms with van der Waals surface area (Å²) in [5, 5.41) is 6.80. The van der Waals surface area contributed by atoms with Gasteiger partial charge in [-0.15, -0.1) is 11.3 Å². The first-order chi connectivity index (χ1) is 14.8. The van der Waals surface area contributed by atoms with Crippen molar-refractivity contribution in [2.75, 3.05) is 39.3 Å². The van der Waals surface area contributed by atoms with Gasteiger partial charge in [-0.05, 0) is 36.4 Å². The second-order valence-electron chi connectivity index (χ2n) is 7.88. The Morgan fingerprint density at radius 3 is 2.63 bits per heavy atom. The van der Waals surface area contributed by atoms with Crippen LogP contribution in [0.3, 0.4) is 0 Å². The minimum atomic E-state index is 0.0670. The van der Waals surface area contributed by atoms with Crippen LogP contribution in [0.4, 0.5) is 0 Å². The zero-order valence-electron chi connectivity index (χ0n) is 16.9. The largest absolute Gasteiger partial charge is 0.377 e. The van der Waals surface area contributed by atoms with Crippen LogP contribution in [0.15, 0.2) is 54.0 Å². The Bertz CT molecular complexity index is 972. The molecular formula is C23H26N4O2S. The molecule has 7 heteroatoms. The number of carbonyl (C=O) groups excluding carboxylic acids is 1. The lowest BCUT2D eigenvalue weighted by molar-refractivity contribution is 0.0433. The Morgan fingerprint density at radius 1 is 1.10 bits per heavy atom. The van der Waals surface area contributed by atoms with Crippen molar-refractivity contribution in [3.8, 4) is 16.3 Å². The van der Waals surface area contributed by atoms with Gasteiger partial charge in [-0.3, -0.25) is 9.69 Å². The van der Waals surface area contributed by atoms with Crippen LogP contribution >= 0.6 is 11.3 Å². The minimum absolute atomic E-state index is 0.0670. The van der Waals surface area contributed by atoms with E-state index in [9.17, 15) is 4.79 Å². The average molecular weight is 423 g/mol. The summed E-state index contributed by atoms with van der Waals surface area (Å²) in [5.41, 5.74) is 2.39. The highest BCUT2D eigenvalue weighted by atomic mass is 32.1. The van der Waals surface area contributed by atoms with Crippen molar-refractivity contribution in [1.29, 1.82) is 0 Å². The van der Waals surface area contributed by atoms with Crippen molar-refractivity contribution in [2.24, 2.45) is 0 Å². The van der Waals surface area contributed by atoms with E-state index in [1.54, 1.807) is 11.3 Å². The quantitative estimate of drug-likeness (QED) is 0.631. The molecule has 0 aliphatic carbocycles. The Balaban J connectivity index is 1.34. The van der Waals surface area contributed by atoms with Gasteiger partial charge in [0.15, 0.2) is 0 Å². The van der Waals surface area contributed by atoms with E-state index in [2.05, 4.69) is 4.90 Å². The first-order valence-electron chi connectivity index (χ1n) is 10.6. The maximum atomic E-state index is 13.4. The highest BCUT2D eigenvalue weighted by Gasteiger charge is 2.28. The molecule has 1 aromatic carbocycles. The predicted molar refractivity (Wildman–Crippen MR) is 118 cm³/mol. The SMILES string of the molecule is O=C(c1cn(-c2ccccc2)nc1-c1cccs1)N1CCN(CC2CCCO2)CC1. The molecule has 2 fully saturated rings. The molecule has 1 unspecified atom stereocenters. The van der Waals surface area contributed by atoms with E-state index in [-0.39, 0.29) is 5.91 Å². The van der Waals surface area contributed by atoms with Gasteiger partial charge >= 0.3 is 0 Å². The highest BCUT2D eigenvalue weighted by molar-refractivity contribution is 7.13. The number of para-hydroxylation sites is 1. The molecule has 2 aliphatic rings. The summed E-state index contributed by atoms with van der Waals surface area (Å²) in [4.78, 5) is 18.9. The molecule has 1 atom stereocenters. The van der Waals surface area contributed by atoms with Crippen molar-refractivity contribution >= 4 is 17.2 Å². The van der Waals surface area contributed by atoms with Crippen LogP contribution in [0.1, 0.15) is 23.2 Å². The smallest absolute Gasteiger partial charge is 0.257 e. The van der Waals surface area contributed by atoms with Crippen LogP contribution in [0.2, 0.25) is 0 Å². The van der Waals surface area contributed by atoms with E-state index < -0.39 is 0 Å². The lowest BCUT2D eigenvalue weighted by Crippen LogP contribution is -2.50. The first-order valence-corrected chi connectivity index (χ1v) is 11.5. The molecule has 3 aromatic rings. The van der Waals surface area contributed by atoms with Crippen molar-refractivity contribution in [3.63, 3.8) is 0 Å². The molecule has 0 spiro atoms. The number of hydrogen-bond acceptors (Lipinski definition) is 5. The molecule has 30 heavy (non-hydrogen) atoms. The van der Waals surface area contributed by atoms with Crippen LogP contribution in [0.5, 0.6) is 0 Å². The molecule has 5 rings (SSSR count). The molecule has 2 aliphatic heterocycles. The van der Waals surface area contributed by atoms with Gasteiger partial charge in [0.05, 0.1) is 22.2 Å². The normalized spacial score (nSPS) is 20.0. The number of aromatic nitrogens is 2. The number of nitrogens with zero attached hydrogens (tertiary/aromatic N) is 4. The molecule has 0 radical (unpaired) electrons. The summed E-state index contributed by atoms with van der Waals surface area (Å²) in [7, 11) is 0. The topological polar surface area (TPSA) is 50.6 Å². The van der Waals surface area contributed by atoms with Gasteiger partial charge in [0.25, 0.3) is 5.91 Å². The van der Waals surface area contributed by atoms with E-state index in [1.807, 2.05) is 63.6 Å². The van der Waals surface area contributed by atoms with E-state index in [0.29, 0.717) is 11.7 Å². The van der Waals surface area contributed by atoms with Gasteiger partial charge in [-0.2, -0.15) is 5.10 Å². The van der Waals surface area contributed by atoms with E-state index in [4.69, 9.17) is 9.84 Å². The second-order valence-corrected chi connectivity index (χ2v) is 8.82. The van der Waals surface area contributed by atoms with Crippen LogP contribution in [0.25, 0.3) is 16.3 Å². The fourth-order valence-corrected chi connectivity index (χ4v) is 4.94. The Hall–Kier alpha value is -2.48. The minimum Gasteiger partial charge on any atom is -0.377 e. The molecule has 0 saturated carbocycles. The molecular weight excluding hydrogens is 396 g/mol. The van der Waals surface area contributed by atoms with Gasteiger partial charge in [0.1, 0.15) is 5.69 Å². The lowest BCUT2D eigenvalue weighted by Gasteiger charge is -2.35. The lowest BCUT2D eigenvalue weighted by atomic mass is 10.1. The number of thiophene rings is 1. The molecule has 156 valence electrons. The molecule has 6 nitrogen and oxygen atoms in total. The van der Waals surface area contributed by atoms with Gasteiger partial charge in [0.2, 0.25) is 0 Å². The van der Waals surface area contributed by atoms with Crippen LogP contribution in [-0.4, -0.2) is 70.9 Å². The van der Waals surface area contributed by atoms with Crippen molar-refractivity contribution in [1.82, 2.24) is 19.6 Å². The molecule has 2 aromatic heterocycles. The second kappa shape index (κ2) is 8.71. The molecule has 2 saturated heterocycles. The number of piperazine rings is 1. The predicted octanol–water partition coefficient (Wildman–Crippen LogP) is 3.54. The molecule has 1 amide bonds. The zero-order chi connectivity index (χ0) is 20.3. The summed E-state index contributed by atoms with van der Waals surface area (Å²) < 4.78 is 7.58. The van der Waals surface area contributed by atoms with E-state index in [1.165, 1.54) is 6.42 Å². The number of rotatable bonds is 5. The van der Waals surface area contributed by atoms with Gasteiger partial charge < -0.3 is 9.64 Å². The first kappa shape index (κ1) is 19.5. The van der Waals surface area contributed by atoms with Gasteiger partial charge in [-0.1, -0.05) is 24.3 Å². The maximum Gasteiger partial charge on any atom is 0.257 e. The zero-order valence-corrected chi connectivity index (χ0v) is 17.8. The summed E-state index contributed by atoms with van der Waals surface area (Å²) >= 11 is 1.61. The van der Waals surface area contributed by atoms with E-state index in [0.717, 1.165) is 62.0 Å². The van der Waals surface area contributed by atoms with Gasteiger partial charge in [0, 0.05) is 45.5 Å². The fraction of sp³-hybridized carbons (Fsp3) is 0.391. The fourth-order valence-electron chi connectivity index (χ4n) is 4.22. The number of benzene rings is 1. The third kappa shape index (κ3) is 4.05. The highest BCUT2D eigenvalue weighted by Crippen LogP contribution is 2.29. The number of hydrogen-bond donors (Lipinski definition) is 0. The van der Waals surface area contributed by atoms with Crippen LogP contribution in [-0.2, 0) is 4.74 Å². The van der Waals surface area contributed by atoms with E-state index >= 15 is 0 Å². The van der Waals surface area contributed by atoms with Crippen molar-refractivity contribution < 1.29 is 9.53 Å². The Labute approximate surface area is 180 Å². The summed E-state index contributed by atoms with van der Waals surface area (Å²) in [6.45, 7) is 5.14. The standard InChI is InChI=1S/C23H26N4O2S/c28-23(26-12-10-25(11-13-26)16-19-8-4-14-29-19)20-17-27(18-6-2-1-3-7-18)24-22(20)21-9-5-15-30-21/h1-3,5-7,9,15,17,19H,4,8,10-14,16H2. The summed E-state index contributed by atoms with van der Waals surface area (Å²) in [6.07, 6.45) is 4.56. The Morgan fingerprint density at radius 2 is 1.93 bits per heavy atom. The third-order valence-electron chi connectivity index (χ3n) is 5.87. The molecule has 4 heterocycles. The monoisotopic (exact) mass is 422 g/mol. The molecule has 0 bridgehead atoms. The Kier molecular flexibility index (Phi) is 5.66. The number of amides is 1. The maximum absolute atomic E-state index is 13.4. The van der Waals surface area contributed by atoms with Gasteiger partial charge in [-0.25, -0.2) is 4.68 Å². The number of ether oxygens (including phenoxy) is 1. The van der Waals surface area contributed by atoms with Crippen LogP contribution in [0, 0.1) is 0 Å². The average Bonchev–Trinajstić information content (AvgIpc) is 3.55. The summed E-state index contributed by atoms with van der Waals surface area (Å²) in [6, 6.07) is 14.0.